The minimum atomic E-state index is -0.478. The number of rotatable bonds is 10. The van der Waals surface area contributed by atoms with E-state index in [0.717, 1.165) is 16.0 Å². The van der Waals surface area contributed by atoms with E-state index in [-0.39, 0.29) is 18.3 Å². The lowest BCUT2D eigenvalue weighted by Crippen LogP contribution is -2.16. The molecule has 11 heteroatoms. The third-order valence-corrected chi connectivity index (χ3v) is 7.31. The second-order valence-corrected chi connectivity index (χ2v) is 9.91. The summed E-state index contributed by atoms with van der Waals surface area (Å²) in [6.45, 7) is 10.1. The van der Waals surface area contributed by atoms with Gasteiger partial charge in [-0.25, -0.2) is 4.79 Å². The summed E-state index contributed by atoms with van der Waals surface area (Å²) in [5, 5.41) is 12.8. The summed E-state index contributed by atoms with van der Waals surface area (Å²) in [5.41, 5.74) is 2.21. The highest BCUT2D eigenvalue weighted by atomic mass is 35.5. The van der Waals surface area contributed by atoms with Crippen molar-refractivity contribution in [1.82, 2.24) is 14.8 Å². The number of hydrogen-bond donors (Lipinski definition) is 1. The fraction of sp³-hybridized carbons (Fsp3) is 0.304. The molecule has 34 heavy (non-hydrogen) atoms. The first kappa shape index (κ1) is 25.8. The third kappa shape index (κ3) is 5.99. The van der Waals surface area contributed by atoms with Gasteiger partial charge in [0.15, 0.2) is 11.0 Å². The maximum Gasteiger partial charge on any atom is 0.341 e. The van der Waals surface area contributed by atoms with E-state index in [4.69, 9.17) is 21.1 Å². The summed E-state index contributed by atoms with van der Waals surface area (Å²) in [7, 11) is 1.32. The molecule has 0 aliphatic carbocycles. The maximum absolute atomic E-state index is 12.6. The molecule has 0 bridgehead atoms. The van der Waals surface area contributed by atoms with Gasteiger partial charge in [-0.3, -0.25) is 9.36 Å². The van der Waals surface area contributed by atoms with Crippen LogP contribution in [0.4, 0.5) is 5.00 Å². The van der Waals surface area contributed by atoms with E-state index >= 15 is 0 Å². The van der Waals surface area contributed by atoms with E-state index < -0.39 is 5.97 Å². The van der Waals surface area contributed by atoms with E-state index in [1.165, 1.54) is 30.2 Å². The number of nitrogens with one attached hydrogen (secondary N) is 1. The molecule has 2 aromatic heterocycles. The fourth-order valence-corrected chi connectivity index (χ4v) is 5.07. The molecule has 3 rings (SSSR count). The highest BCUT2D eigenvalue weighted by molar-refractivity contribution is 7.99. The maximum atomic E-state index is 12.6. The Labute approximate surface area is 211 Å². The average Bonchev–Trinajstić information content (AvgIpc) is 3.32. The predicted octanol–water partition coefficient (Wildman–Crippen LogP) is 5.20. The minimum absolute atomic E-state index is 0.0798. The van der Waals surface area contributed by atoms with Gasteiger partial charge in [-0.15, -0.1) is 28.1 Å². The van der Waals surface area contributed by atoms with Crippen LogP contribution in [0.15, 0.2) is 36.0 Å². The second-order valence-electron chi connectivity index (χ2n) is 7.34. The SMILES string of the molecule is C=CCn1c(COc2cc(C)ccc2Cl)nnc1SCC(=O)Nc1sc(C)c(C)c1C(=O)OC. The van der Waals surface area contributed by atoms with Crippen molar-refractivity contribution in [3.8, 4) is 5.75 Å². The quantitative estimate of drug-likeness (QED) is 0.223. The zero-order valence-corrected chi connectivity index (χ0v) is 21.7. The number of carbonyl (C=O) groups excluding carboxylic acids is 2. The van der Waals surface area contributed by atoms with Gasteiger partial charge in [0, 0.05) is 11.4 Å². The first-order valence-corrected chi connectivity index (χ1v) is 12.5. The van der Waals surface area contributed by atoms with Gasteiger partial charge in [0.25, 0.3) is 0 Å². The highest BCUT2D eigenvalue weighted by Gasteiger charge is 2.22. The number of esters is 1. The molecule has 3 aromatic rings. The number of halogens is 1. The third-order valence-electron chi connectivity index (χ3n) is 4.91. The molecule has 8 nitrogen and oxygen atoms in total. The van der Waals surface area contributed by atoms with Crippen LogP contribution in [0.1, 0.15) is 32.2 Å². The number of thiophene rings is 1. The molecule has 2 heterocycles. The standard InChI is InChI=1S/C23H25ClN4O4S2/c1-6-9-28-18(11-32-17-10-13(2)7-8-16(17)24)26-27-23(28)33-12-19(29)25-21-20(22(30)31-5)14(3)15(4)34-21/h6-8,10H,1,9,11-12H2,2-5H3,(H,25,29). The van der Waals surface area contributed by atoms with Crippen LogP contribution in [0.25, 0.3) is 0 Å². The minimum Gasteiger partial charge on any atom is -0.484 e. The number of thioether (sulfide) groups is 1. The largest absolute Gasteiger partial charge is 0.484 e. The zero-order chi connectivity index (χ0) is 24.8. The lowest BCUT2D eigenvalue weighted by molar-refractivity contribution is -0.113. The number of allylic oxidation sites excluding steroid dienone is 1. The molecular formula is C23H25ClN4O4S2. The number of aryl methyl sites for hydroxylation is 2. The topological polar surface area (TPSA) is 95.3 Å². The molecule has 0 radical (unpaired) electrons. The van der Waals surface area contributed by atoms with Gasteiger partial charge in [-0.2, -0.15) is 0 Å². The van der Waals surface area contributed by atoms with Crippen LogP contribution in [0.3, 0.4) is 0 Å². The lowest BCUT2D eigenvalue weighted by atomic mass is 10.1. The van der Waals surface area contributed by atoms with Gasteiger partial charge in [0.2, 0.25) is 5.91 Å². The number of methoxy groups -OCH3 is 1. The van der Waals surface area contributed by atoms with Crippen LogP contribution in [0.5, 0.6) is 5.75 Å². The smallest absolute Gasteiger partial charge is 0.341 e. The van der Waals surface area contributed by atoms with Crippen molar-refractivity contribution in [3.63, 3.8) is 0 Å². The number of aromatic nitrogens is 3. The van der Waals surface area contributed by atoms with Gasteiger partial charge < -0.3 is 14.8 Å². The molecular weight excluding hydrogens is 496 g/mol. The lowest BCUT2D eigenvalue weighted by Gasteiger charge is -2.11. The molecule has 0 aliphatic rings. The van der Waals surface area contributed by atoms with Gasteiger partial charge in [0.05, 0.1) is 23.4 Å². The molecule has 0 fully saturated rings. The van der Waals surface area contributed by atoms with Crippen LogP contribution >= 0.6 is 34.7 Å². The fourth-order valence-electron chi connectivity index (χ4n) is 3.06. The highest BCUT2D eigenvalue weighted by Crippen LogP contribution is 2.33. The monoisotopic (exact) mass is 520 g/mol. The van der Waals surface area contributed by atoms with Crippen LogP contribution in [0, 0.1) is 20.8 Å². The molecule has 0 saturated carbocycles. The van der Waals surface area contributed by atoms with Crippen molar-refractivity contribution < 1.29 is 19.1 Å². The molecule has 1 N–H and O–H groups in total. The average molecular weight is 521 g/mol. The Kier molecular flexibility index (Phi) is 8.76. The van der Waals surface area contributed by atoms with E-state index in [0.29, 0.717) is 38.9 Å². The number of benzene rings is 1. The molecule has 1 amide bonds. The van der Waals surface area contributed by atoms with E-state index in [9.17, 15) is 9.59 Å². The number of carbonyl (C=O) groups is 2. The summed E-state index contributed by atoms with van der Waals surface area (Å²) >= 11 is 8.78. The van der Waals surface area contributed by atoms with Gasteiger partial charge in [0.1, 0.15) is 17.4 Å². The van der Waals surface area contributed by atoms with E-state index in [1.807, 2.05) is 37.5 Å². The first-order chi connectivity index (χ1) is 16.2. The van der Waals surface area contributed by atoms with E-state index in [1.54, 1.807) is 12.1 Å². The van der Waals surface area contributed by atoms with Crippen molar-refractivity contribution >= 4 is 51.6 Å². The normalized spacial score (nSPS) is 10.7. The molecule has 1 aromatic carbocycles. The van der Waals surface area contributed by atoms with Crippen molar-refractivity contribution in [1.29, 1.82) is 0 Å². The van der Waals surface area contributed by atoms with Gasteiger partial charge in [-0.05, 0) is 44.0 Å². The Morgan fingerprint density at radius 2 is 2.06 bits per heavy atom. The summed E-state index contributed by atoms with van der Waals surface area (Å²) in [4.78, 5) is 25.7. The molecule has 0 atom stereocenters. The second kappa shape index (κ2) is 11.5. The van der Waals surface area contributed by atoms with E-state index in [2.05, 4.69) is 22.1 Å². The molecule has 0 aliphatic heterocycles. The van der Waals surface area contributed by atoms with Crippen molar-refractivity contribution in [2.24, 2.45) is 0 Å². The molecule has 0 saturated heterocycles. The Balaban J connectivity index is 1.68. The Bertz CT molecular complexity index is 1220. The predicted molar refractivity (Wildman–Crippen MR) is 135 cm³/mol. The van der Waals surface area contributed by atoms with Crippen LogP contribution in [-0.4, -0.2) is 39.5 Å². The van der Waals surface area contributed by atoms with Crippen LogP contribution < -0.4 is 10.1 Å². The van der Waals surface area contributed by atoms with Gasteiger partial charge >= 0.3 is 5.97 Å². The summed E-state index contributed by atoms with van der Waals surface area (Å²) < 4.78 is 12.5. The summed E-state index contributed by atoms with van der Waals surface area (Å²) in [6, 6.07) is 5.54. The number of hydrogen-bond acceptors (Lipinski definition) is 8. The summed E-state index contributed by atoms with van der Waals surface area (Å²) in [5.74, 6) is 0.475. The number of amides is 1. The number of ether oxygens (including phenoxy) is 2. The molecule has 0 spiro atoms. The first-order valence-electron chi connectivity index (χ1n) is 10.3. The Morgan fingerprint density at radius 1 is 1.29 bits per heavy atom. The molecule has 0 unspecified atom stereocenters. The zero-order valence-electron chi connectivity index (χ0n) is 19.3. The molecule has 180 valence electrons. The Morgan fingerprint density at radius 3 is 2.76 bits per heavy atom. The number of anilines is 1. The Hall–Kier alpha value is -2.82. The van der Waals surface area contributed by atoms with Crippen molar-refractivity contribution in [3.05, 3.63) is 63.3 Å². The van der Waals surface area contributed by atoms with Crippen molar-refractivity contribution in [2.45, 2.75) is 39.1 Å². The number of nitrogens with zero attached hydrogens (tertiary/aromatic N) is 3. The van der Waals surface area contributed by atoms with Crippen LogP contribution in [0.2, 0.25) is 5.02 Å². The van der Waals surface area contributed by atoms with Crippen molar-refractivity contribution in [2.75, 3.05) is 18.2 Å². The summed E-state index contributed by atoms with van der Waals surface area (Å²) in [6.07, 6.45) is 1.72. The van der Waals surface area contributed by atoms with Crippen LogP contribution in [-0.2, 0) is 22.7 Å². The van der Waals surface area contributed by atoms with Gasteiger partial charge in [-0.1, -0.05) is 35.5 Å².